The number of nitrogens with zero attached hydrogens (tertiary/aromatic N) is 3. The number of halogens is 8. The number of benzene rings is 2. The van der Waals surface area contributed by atoms with Gasteiger partial charge in [0.1, 0.15) is 11.2 Å². The minimum Gasteiger partial charge on any atom is -0.398 e. The van der Waals surface area contributed by atoms with Crippen molar-refractivity contribution in [2.24, 2.45) is 0 Å². The van der Waals surface area contributed by atoms with Gasteiger partial charge in [0.15, 0.2) is 5.82 Å². The fraction of sp³-hybridized carbons (Fsp3) is 0.0667. The zero-order valence-corrected chi connectivity index (χ0v) is 14.3. The Morgan fingerprint density at radius 2 is 1.50 bits per heavy atom. The van der Waals surface area contributed by atoms with E-state index >= 15 is 0 Å². The molecule has 4 nitrogen and oxygen atoms in total. The van der Waals surface area contributed by atoms with Crippen molar-refractivity contribution < 1.29 is 32.6 Å². The third-order valence-electron chi connectivity index (χ3n) is 3.66. The van der Waals surface area contributed by atoms with Gasteiger partial charge in [0.05, 0.1) is 11.3 Å². The Balaban J connectivity index is 1.96. The van der Waals surface area contributed by atoms with Gasteiger partial charge in [-0.15, -0.1) is 5.10 Å². The number of nitrogens with two attached hydrogens (primary N) is 1. The maximum Gasteiger partial charge on any atom is 0.418 e. The summed E-state index contributed by atoms with van der Waals surface area (Å²) in [5.41, 5.74) is 3.63. The second-order valence-corrected chi connectivity index (χ2v) is 8.18. The van der Waals surface area contributed by atoms with Crippen LogP contribution in [-0.2, 0) is 6.18 Å². The van der Waals surface area contributed by atoms with Crippen LogP contribution in [0.15, 0.2) is 53.7 Å². The minimum atomic E-state index is -9.81. The van der Waals surface area contributed by atoms with Crippen LogP contribution in [0.4, 0.5) is 38.3 Å². The van der Waals surface area contributed by atoms with Crippen LogP contribution in [0, 0.1) is 0 Å². The molecule has 13 heteroatoms. The first-order chi connectivity index (χ1) is 12.5. The van der Waals surface area contributed by atoms with Gasteiger partial charge in [0.25, 0.3) is 0 Å². The van der Waals surface area contributed by atoms with E-state index in [9.17, 15) is 32.6 Å². The number of alkyl halides is 3. The van der Waals surface area contributed by atoms with Crippen LogP contribution >= 0.6 is 10.2 Å². The fourth-order valence-corrected chi connectivity index (χ4v) is 2.97. The Morgan fingerprint density at radius 1 is 0.893 bits per heavy atom. The van der Waals surface area contributed by atoms with Crippen LogP contribution in [0.2, 0.25) is 0 Å². The van der Waals surface area contributed by atoms with E-state index in [1.807, 2.05) is 0 Å². The first-order valence-electron chi connectivity index (χ1n) is 7.28. The molecule has 0 aliphatic carbocycles. The average Bonchev–Trinajstić information content (AvgIpc) is 3.02. The molecule has 28 heavy (non-hydrogen) atoms. The standard InChI is InChI=1S/C15H10F8N4S/c16-15(17,18)12-7-9(1-6-13(12)24)14-25-8-27(26-14)10-2-4-11(5-3-10)28(19,20,21,22)23/h1-8H,24H2. The van der Waals surface area contributed by atoms with Gasteiger partial charge in [-0.05, 0) is 42.5 Å². The van der Waals surface area contributed by atoms with E-state index in [2.05, 4.69) is 10.1 Å². The Labute approximate surface area is 152 Å². The van der Waals surface area contributed by atoms with Crippen LogP contribution in [0.1, 0.15) is 5.56 Å². The van der Waals surface area contributed by atoms with Crippen LogP contribution in [0.5, 0.6) is 0 Å². The Hall–Kier alpha value is -2.83. The summed E-state index contributed by atoms with van der Waals surface area (Å²) in [6.07, 6.45) is -3.68. The van der Waals surface area contributed by atoms with Crippen molar-refractivity contribution >= 4 is 15.9 Å². The van der Waals surface area contributed by atoms with Gasteiger partial charge in [-0.3, -0.25) is 0 Å². The summed E-state index contributed by atoms with van der Waals surface area (Å²) < 4.78 is 103. The van der Waals surface area contributed by atoms with E-state index in [0.29, 0.717) is 0 Å². The molecule has 1 aromatic heterocycles. The predicted octanol–water partition coefficient (Wildman–Crippen LogP) is 6.19. The highest BCUT2D eigenvalue weighted by molar-refractivity contribution is 8.45. The second kappa shape index (κ2) is 5.37. The Kier molecular flexibility index (Phi) is 3.82. The number of hydrogen-bond donors (Lipinski definition) is 1. The summed E-state index contributed by atoms with van der Waals surface area (Å²) in [5.74, 6) is -0.165. The second-order valence-electron chi connectivity index (χ2n) is 5.78. The van der Waals surface area contributed by atoms with E-state index in [1.165, 1.54) is 6.07 Å². The largest absolute Gasteiger partial charge is 0.418 e. The molecule has 0 radical (unpaired) electrons. The monoisotopic (exact) mass is 430 g/mol. The zero-order valence-electron chi connectivity index (χ0n) is 13.5. The van der Waals surface area contributed by atoms with Crippen molar-refractivity contribution in [3.63, 3.8) is 0 Å². The molecule has 2 N–H and O–H groups in total. The third-order valence-corrected chi connectivity index (χ3v) is 4.82. The van der Waals surface area contributed by atoms with Gasteiger partial charge in [-0.2, -0.15) is 13.2 Å². The molecule has 152 valence electrons. The van der Waals surface area contributed by atoms with Crippen molar-refractivity contribution in [2.45, 2.75) is 11.1 Å². The normalized spacial score (nSPS) is 15.1. The van der Waals surface area contributed by atoms with Crippen LogP contribution < -0.4 is 5.73 Å². The third kappa shape index (κ3) is 4.03. The van der Waals surface area contributed by atoms with E-state index in [1.54, 1.807) is 0 Å². The summed E-state index contributed by atoms with van der Waals surface area (Å²) in [4.78, 5) is 1.72. The lowest BCUT2D eigenvalue weighted by molar-refractivity contribution is -0.136. The minimum absolute atomic E-state index is 0.0381. The average molecular weight is 430 g/mol. The summed E-state index contributed by atoms with van der Waals surface area (Å²) in [6.45, 7) is 0. The summed E-state index contributed by atoms with van der Waals surface area (Å²) in [7, 11) is -9.81. The molecule has 0 saturated carbocycles. The maximum absolute atomic E-state index is 12.9. The molecule has 0 atom stereocenters. The highest BCUT2D eigenvalue weighted by atomic mass is 32.5. The number of nitrogen functional groups attached to an aromatic ring is 1. The van der Waals surface area contributed by atoms with Gasteiger partial charge < -0.3 is 5.73 Å². The lowest BCUT2D eigenvalue weighted by atomic mass is 10.1. The SMILES string of the molecule is Nc1ccc(-c2ncn(-c3ccc(S(F)(F)(F)(F)F)cc3)n2)cc1C(F)(F)F. The van der Waals surface area contributed by atoms with E-state index < -0.39 is 32.5 Å². The van der Waals surface area contributed by atoms with Crippen LogP contribution in [0.25, 0.3) is 17.1 Å². The lowest BCUT2D eigenvalue weighted by Gasteiger charge is -2.40. The fourth-order valence-electron chi connectivity index (χ4n) is 2.32. The first kappa shape index (κ1) is 19.9. The predicted molar refractivity (Wildman–Crippen MR) is 87.6 cm³/mol. The molecule has 0 aliphatic rings. The number of hydrogen-bond acceptors (Lipinski definition) is 3. The smallest absolute Gasteiger partial charge is 0.398 e. The zero-order chi connectivity index (χ0) is 21.0. The topological polar surface area (TPSA) is 56.7 Å². The molecule has 0 amide bonds. The number of anilines is 1. The van der Waals surface area contributed by atoms with Crippen LogP contribution in [-0.4, -0.2) is 14.8 Å². The molecule has 1 heterocycles. The van der Waals surface area contributed by atoms with Crippen molar-refractivity contribution in [1.82, 2.24) is 14.8 Å². The van der Waals surface area contributed by atoms with Crippen molar-refractivity contribution in [1.29, 1.82) is 0 Å². The van der Waals surface area contributed by atoms with Gasteiger partial charge in [-0.25, -0.2) is 9.67 Å². The number of aromatic nitrogens is 3. The molecule has 0 fully saturated rings. The molecule has 2 aromatic carbocycles. The molecule has 0 spiro atoms. The lowest BCUT2D eigenvalue weighted by Crippen LogP contribution is -2.09. The molecule has 0 bridgehead atoms. The summed E-state index contributed by atoms with van der Waals surface area (Å²) in [6, 6.07) is 4.87. The summed E-state index contributed by atoms with van der Waals surface area (Å²) in [5, 5.41) is 3.87. The highest BCUT2D eigenvalue weighted by Gasteiger charge is 2.65. The van der Waals surface area contributed by atoms with Crippen LogP contribution in [0.3, 0.4) is 0 Å². The molecule has 3 rings (SSSR count). The van der Waals surface area contributed by atoms with E-state index in [4.69, 9.17) is 5.73 Å². The number of rotatable bonds is 3. The highest BCUT2D eigenvalue weighted by Crippen LogP contribution is 3.02. The quantitative estimate of drug-likeness (QED) is 0.398. The van der Waals surface area contributed by atoms with Gasteiger partial charge in [0, 0.05) is 11.3 Å². The first-order valence-corrected chi connectivity index (χ1v) is 9.23. The Bertz CT molecular complexity index is 1040. The molecule has 3 aromatic rings. The molecular formula is C15H10F8N4S. The molecule has 0 unspecified atom stereocenters. The maximum atomic E-state index is 12.9. The van der Waals surface area contributed by atoms with Crippen molar-refractivity contribution in [2.75, 3.05) is 5.73 Å². The molecule has 0 saturated heterocycles. The van der Waals surface area contributed by atoms with Gasteiger partial charge in [0.2, 0.25) is 0 Å². The van der Waals surface area contributed by atoms with Gasteiger partial charge >= 0.3 is 16.4 Å². The summed E-state index contributed by atoms with van der Waals surface area (Å²) >= 11 is 0. The van der Waals surface area contributed by atoms with Crippen molar-refractivity contribution in [3.05, 3.63) is 54.4 Å². The van der Waals surface area contributed by atoms with E-state index in [-0.39, 0.29) is 29.2 Å². The molecular weight excluding hydrogens is 420 g/mol. The van der Waals surface area contributed by atoms with Gasteiger partial charge in [-0.1, -0.05) is 19.4 Å². The Morgan fingerprint density at radius 3 is 2.04 bits per heavy atom. The van der Waals surface area contributed by atoms with Crippen molar-refractivity contribution in [3.8, 4) is 17.1 Å². The molecule has 0 aliphatic heterocycles. The van der Waals surface area contributed by atoms with E-state index in [0.717, 1.165) is 35.3 Å².